The molecule has 0 heterocycles. The molecule has 0 atom stereocenters. The lowest BCUT2D eigenvalue weighted by atomic mass is 10.0. The number of rotatable bonds is 9. The smallest absolute Gasteiger partial charge is 0.0984 e. The zero-order chi connectivity index (χ0) is 15.1. The topological polar surface area (TPSA) is 21.3 Å². The summed E-state index contributed by atoms with van der Waals surface area (Å²) in [6.45, 7) is 10.7. The minimum atomic E-state index is 0.451. The summed E-state index contributed by atoms with van der Waals surface area (Å²) in [7, 11) is 1.73. The lowest BCUT2D eigenvalue weighted by Gasteiger charge is -2.10. The van der Waals surface area contributed by atoms with E-state index < -0.39 is 0 Å². The van der Waals surface area contributed by atoms with Crippen molar-refractivity contribution in [2.24, 2.45) is 0 Å². The second-order valence-corrected chi connectivity index (χ2v) is 4.42. The van der Waals surface area contributed by atoms with Gasteiger partial charge in [0.25, 0.3) is 0 Å². The molecule has 0 aliphatic rings. The molecular formula is C16H32FNO. The van der Waals surface area contributed by atoms with E-state index in [9.17, 15) is 4.48 Å². The van der Waals surface area contributed by atoms with Gasteiger partial charge in [0.05, 0.1) is 12.9 Å². The average molecular weight is 273 g/mol. The summed E-state index contributed by atoms with van der Waals surface area (Å²) in [6.07, 6.45) is 7.12. The molecule has 0 saturated carbocycles. The van der Waals surface area contributed by atoms with Crippen molar-refractivity contribution in [3.63, 3.8) is 0 Å². The molecule has 0 aliphatic carbocycles. The molecule has 19 heavy (non-hydrogen) atoms. The van der Waals surface area contributed by atoms with Gasteiger partial charge >= 0.3 is 0 Å². The predicted molar refractivity (Wildman–Crippen MR) is 82.7 cm³/mol. The molecule has 3 heteroatoms. The Morgan fingerprint density at radius 1 is 1.16 bits per heavy atom. The molecule has 0 amide bonds. The Kier molecular flexibility index (Phi) is 16.4. The van der Waals surface area contributed by atoms with E-state index in [1.165, 1.54) is 11.1 Å². The van der Waals surface area contributed by atoms with E-state index in [0.29, 0.717) is 6.54 Å². The fourth-order valence-corrected chi connectivity index (χ4v) is 1.83. The second kappa shape index (κ2) is 15.2. The van der Waals surface area contributed by atoms with Crippen molar-refractivity contribution in [1.82, 2.24) is 5.54 Å². The van der Waals surface area contributed by atoms with Gasteiger partial charge in [-0.1, -0.05) is 38.8 Å². The molecule has 0 bridgehead atoms. The van der Waals surface area contributed by atoms with Crippen LogP contribution in [-0.2, 0) is 4.74 Å². The summed E-state index contributed by atoms with van der Waals surface area (Å²) in [5, 5.41) is 0. The van der Waals surface area contributed by atoms with E-state index >= 15 is 0 Å². The predicted octanol–water partition coefficient (Wildman–Crippen LogP) is 5.32. The number of halogens is 1. The normalized spacial score (nSPS) is 11.1. The first-order chi connectivity index (χ1) is 9.15. The lowest BCUT2D eigenvalue weighted by Crippen LogP contribution is -2.01. The summed E-state index contributed by atoms with van der Waals surface area (Å²) in [6, 6.07) is 0. The Hall–Kier alpha value is -0.830. The maximum absolute atomic E-state index is 11.7. The molecule has 0 aliphatic heterocycles. The highest BCUT2D eigenvalue weighted by molar-refractivity contribution is 5.25. The summed E-state index contributed by atoms with van der Waals surface area (Å²) in [5.74, 6) is 1.06. The summed E-state index contributed by atoms with van der Waals surface area (Å²) >= 11 is 0. The third kappa shape index (κ3) is 12.0. The standard InChI is InChI=1S/C14H26FNO.C2H6/c1-5-14(17-4)13(11-12(2)3)9-7-6-8-10-16-15;1-2/h11,16H,5-10H2,1-4H3;1-2H3/b14-13+;. The highest BCUT2D eigenvalue weighted by atomic mass is 19.2. The summed E-state index contributed by atoms with van der Waals surface area (Å²) in [4.78, 5) is 0. The van der Waals surface area contributed by atoms with Gasteiger partial charge in [0.15, 0.2) is 0 Å². The van der Waals surface area contributed by atoms with Crippen molar-refractivity contribution in [2.75, 3.05) is 13.7 Å². The number of hydrogen-bond acceptors (Lipinski definition) is 2. The highest BCUT2D eigenvalue weighted by Crippen LogP contribution is 2.19. The Morgan fingerprint density at radius 2 is 1.79 bits per heavy atom. The van der Waals surface area contributed by atoms with E-state index in [2.05, 4.69) is 26.8 Å². The van der Waals surface area contributed by atoms with Crippen molar-refractivity contribution >= 4 is 0 Å². The van der Waals surface area contributed by atoms with Gasteiger partial charge in [-0.15, -0.1) is 4.48 Å². The molecule has 0 aromatic carbocycles. The molecule has 0 radical (unpaired) electrons. The van der Waals surface area contributed by atoms with Crippen LogP contribution in [0.4, 0.5) is 4.48 Å². The van der Waals surface area contributed by atoms with E-state index in [4.69, 9.17) is 4.74 Å². The molecule has 0 unspecified atom stereocenters. The fourth-order valence-electron chi connectivity index (χ4n) is 1.83. The van der Waals surface area contributed by atoms with Crippen LogP contribution < -0.4 is 5.54 Å². The molecular weight excluding hydrogens is 241 g/mol. The fraction of sp³-hybridized carbons (Fsp3) is 0.750. The molecule has 114 valence electrons. The Bertz CT molecular complexity index is 249. The summed E-state index contributed by atoms with van der Waals surface area (Å²) < 4.78 is 17.1. The zero-order valence-electron chi connectivity index (χ0n) is 13.6. The van der Waals surface area contributed by atoms with Crippen molar-refractivity contribution < 1.29 is 9.22 Å². The van der Waals surface area contributed by atoms with Gasteiger partial charge in [-0.05, 0) is 38.7 Å². The van der Waals surface area contributed by atoms with Crippen LogP contribution in [-0.4, -0.2) is 13.7 Å². The van der Waals surface area contributed by atoms with Crippen LogP contribution in [0, 0.1) is 0 Å². The maximum atomic E-state index is 11.7. The van der Waals surface area contributed by atoms with Gasteiger partial charge in [0.1, 0.15) is 0 Å². The highest BCUT2D eigenvalue weighted by Gasteiger charge is 2.03. The average Bonchev–Trinajstić information content (AvgIpc) is 2.41. The molecule has 2 nitrogen and oxygen atoms in total. The van der Waals surface area contributed by atoms with Gasteiger partial charge in [-0.25, -0.2) is 0 Å². The quantitative estimate of drug-likeness (QED) is 0.265. The molecule has 0 aromatic heterocycles. The largest absolute Gasteiger partial charge is 0.501 e. The third-order valence-electron chi connectivity index (χ3n) is 2.61. The van der Waals surface area contributed by atoms with Gasteiger partial charge < -0.3 is 4.74 Å². The van der Waals surface area contributed by atoms with E-state index in [1.807, 2.05) is 13.8 Å². The first-order valence-corrected chi connectivity index (χ1v) is 7.40. The number of allylic oxidation sites excluding steroid dienone is 4. The van der Waals surface area contributed by atoms with E-state index in [1.54, 1.807) is 12.6 Å². The summed E-state index contributed by atoms with van der Waals surface area (Å²) in [5.41, 5.74) is 4.25. The van der Waals surface area contributed by atoms with Crippen LogP contribution in [0.2, 0.25) is 0 Å². The molecule has 0 rings (SSSR count). The van der Waals surface area contributed by atoms with Crippen molar-refractivity contribution in [2.45, 2.75) is 66.7 Å². The van der Waals surface area contributed by atoms with E-state index in [-0.39, 0.29) is 0 Å². The number of ether oxygens (including phenoxy) is 1. The SMILES string of the molecule is CC.CC/C(OC)=C(\C=C(C)C)CCCCCNF. The van der Waals surface area contributed by atoms with Crippen molar-refractivity contribution in [1.29, 1.82) is 0 Å². The Morgan fingerprint density at radius 3 is 2.21 bits per heavy atom. The molecule has 0 aromatic rings. The lowest BCUT2D eigenvalue weighted by molar-refractivity contribution is 0.275. The Balaban J connectivity index is 0. The first kappa shape index (κ1) is 20.5. The molecule has 0 saturated heterocycles. The van der Waals surface area contributed by atoms with Gasteiger partial charge in [0, 0.05) is 13.0 Å². The number of nitrogens with one attached hydrogen (secondary N) is 1. The molecule has 1 N–H and O–H groups in total. The molecule has 0 fully saturated rings. The minimum Gasteiger partial charge on any atom is -0.501 e. The van der Waals surface area contributed by atoms with Gasteiger partial charge in [0.2, 0.25) is 0 Å². The zero-order valence-corrected chi connectivity index (χ0v) is 13.6. The van der Waals surface area contributed by atoms with Crippen LogP contribution in [0.25, 0.3) is 0 Å². The van der Waals surface area contributed by atoms with Crippen LogP contribution in [0.5, 0.6) is 0 Å². The van der Waals surface area contributed by atoms with Crippen LogP contribution in [0.3, 0.4) is 0 Å². The third-order valence-corrected chi connectivity index (χ3v) is 2.61. The van der Waals surface area contributed by atoms with E-state index in [0.717, 1.165) is 37.9 Å². The maximum Gasteiger partial charge on any atom is 0.0984 e. The van der Waals surface area contributed by atoms with Crippen molar-refractivity contribution in [3.8, 4) is 0 Å². The Labute approximate surface area is 119 Å². The number of unbranched alkanes of at least 4 members (excludes halogenated alkanes) is 2. The molecule has 0 spiro atoms. The number of methoxy groups -OCH3 is 1. The van der Waals surface area contributed by atoms with Crippen molar-refractivity contribution in [3.05, 3.63) is 23.0 Å². The monoisotopic (exact) mass is 273 g/mol. The van der Waals surface area contributed by atoms with Crippen LogP contribution in [0.15, 0.2) is 23.0 Å². The number of hydrogen-bond donors (Lipinski definition) is 1. The van der Waals surface area contributed by atoms with Crippen LogP contribution in [0.1, 0.15) is 66.7 Å². The first-order valence-electron chi connectivity index (χ1n) is 7.40. The van der Waals surface area contributed by atoms with Gasteiger partial charge in [-0.3, -0.25) is 0 Å². The minimum absolute atomic E-state index is 0.451. The van der Waals surface area contributed by atoms with Gasteiger partial charge in [-0.2, -0.15) is 5.54 Å². The van der Waals surface area contributed by atoms with Crippen LogP contribution >= 0.6 is 0 Å². The second-order valence-electron chi connectivity index (χ2n) is 4.42.